The first kappa shape index (κ1) is 21.4. The van der Waals surface area contributed by atoms with Crippen LogP contribution >= 0.6 is 0 Å². The molecule has 7 nitrogen and oxygen atoms in total. The van der Waals surface area contributed by atoms with Crippen LogP contribution in [0, 0.1) is 19.7 Å². The van der Waals surface area contributed by atoms with E-state index in [0.717, 1.165) is 27.4 Å². The van der Waals surface area contributed by atoms with Gasteiger partial charge in [0.25, 0.3) is 5.91 Å². The molecular formula is C20H28FN4O3S+. The van der Waals surface area contributed by atoms with Crippen LogP contribution in [-0.2, 0) is 27.7 Å². The third-order valence-corrected chi connectivity index (χ3v) is 7.12. The van der Waals surface area contributed by atoms with Gasteiger partial charge in [0.1, 0.15) is 12.4 Å². The van der Waals surface area contributed by atoms with Crippen molar-refractivity contribution in [1.82, 2.24) is 15.1 Å². The Kier molecular flexibility index (Phi) is 6.38. The first-order valence-corrected chi connectivity index (χ1v) is 11.5. The molecule has 2 aromatic rings. The number of likely N-dealkylation sites (N-methyl/N-ethyl adjacent to an activating group) is 1. The number of aromatic nitrogens is 2. The second-order valence-electron chi connectivity index (χ2n) is 7.86. The Hall–Kier alpha value is -2.26. The first-order valence-electron chi connectivity index (χ1n) is 9.72. The van der Waals surface area contributed by atoms with Crippen molar-refractivity contribution in [2.24, 2.45) is 0 Å². The summed E-state index contributed by atoms with van der Waals surface area (Å²) in [5, 5.41) is 7.43. The highest BCUT2D eigenvalue weighted by Gasteiger charge is 2.31. The fourth-order valence-corrected chi connectivity index (χ4v) is 5.47. The molecule has 0 aliphatic carbocycles. The summed E-state index contributed by atoms with van der Waals surface area (Å²) in [6, 6.07) is 5.94. The molecule has 0 saturated carbocycles. The van der Waals surface area contributed by atoms with Crippen LogP contribution in [0.1, 0.15) is 35.0 Å². The van der Waals surface area contributed by atoms with Crippen LogP contribution in [0.5, 0.6) is 0 Å². The molecule has 0 bridgehead atoms. The van der Waals surface area contributed by atoms with Crippen LogP contribution in [0.25, 0.3) is 0 Å². The quantitative estimate of drug-likeness (QED) is 0.672. The predicted octanol–water partition coefficient (Wildman–Crippen LogP) is 0.330. The average Bonchev–Trinajstić information content (AvgIpc) is 3.14. The number of carbonyl (C=O) groups excluding carboxylic acids is 1. The van der Waals surface area contributed by atoms with Crippen LogP contribution in [-0.4, -0.2) is 49.2 Å². The molecule has 158 valence electrons. The topological polar surface area (TPSA) is 85.5 Å². The number of amides is 1. The zero-order valence-corrected chi connectivity index (χ0v) is 17.9. The number of hydrogen-bond acceptors (Lipinski definition) is 4. The molecule has 1 aliphatic heterocycles. The van der Waals surface area contributed by atoms with Gasteiger partial charge in [-0.25, -0.2) is 12.8 Å². The summed E-state index contributed by atoms with van der Waals surface area (Å²) in [5.41, 5.74) is 3.74. The van der Waals surface area contributed by atoms with E-state index < -0.39 is 9.84 Å². The van der Waals surface area contributed by atoms with Crippen LogP contribution < -0.4 is 10.2 Å². The lowest BCUT2D eigenvalue weighted by Crippen LogP contribution is -3.09. The molecule has 29 heavy (non-hydrogen) atoms. The van der Waals surface area contributed by atoms with E-state index in [2.05, 4.69) is 10.4 Å². The summed E-state index contributed by atoms with van der Waals surface area (Å²) in [6.45, 7) is 5.16. The highest BCUT2D eigenvalue weighted by molar-refractivity contribution is 7.91. The zero-order chi connectivity index (χ0) is 21.2. The Bertz CT molecular complexity index is 986. The van der Waals surface area contributed by atoms with Crippen molar-refractivity contribution in [1.29, 1.82) is 0 Å². The molecule has 1 aliphatic rings. The molecule has 1 amide bonds. The molecule has 1 aromatic heterocycles. The van der Waals surface area contributed by atoms with Crippen molar-refractivity contribution in [3.8, 4) is 0 Å². The number of aryl methyl sites for hydroxylation is 1. The SMILES string of the molecule is Cc1nn([C@H]2CCS(=O)(=O)C2)c(C)c1C[NH+](C)CC(=O)NCc1ccc(F)cc1. The molecule has 1 aromatic carbocycles. The summed E-state index contributed by atoms with van der Waals surface area (Å²) in [6.07, 6.45) is 0.595. The summed E-state index contributed by atoms with van der Waals surface area (Å²) in [4.78, 5) is 13.3. The standard InChI is InChI=1S/C20H27FN4O3S/c1-14-19(15(2)25(23-14)18-8-9-29(27,28)13-18)11-24(3)12-20(26)22-10-16-4-6-17(21)7-5-16/h4-7,18H,8-13H2,1-3H3,(H,22,26)/p+1/t18-/m0/s1. The fraction of sp³-hybridized carbons (Fsp3) is 0.500. The molecule has 3 rings (SSSR count). The van der Waals surface area contributed by atoms with Crippen molar-refractivity contribution < 1.29 is 22.5 Å². The molecule has 0 spiro atoms. The average molecular weight is 424 g/mol. The number of quaternary nitrogens is 1. The van der Waals surface area contributed by atoms with Gasteiger partial charge in [-0.3, -0.25) is 9.48 Å². The van der Waals surface area contributed by atoms with Gasteiger partial charge in [0.05, 0.1) is 35.9 Å². The van der Waals surface area contributed by atoms with E-state index in [4.69, 9.17) is 0 Å². The Balaban J connectivity index is 1.56. The largest absolute Gasteiger partial charge is 0.347 e. The van der Waals surface area contributed by atoms with E-state index in [-0.39, 0.29) is 29.3 Å². The summed E-state index contributed by atoms with van der Waals surface area (Å²) in [5.74, 6) is -0.0321. The fourth-order valence-electron chi connectivity index (χ4n) is 3.78. The van der Waals surface area contributed by atoms with Gasteiger partial charge in [-0.2, -0.15) is 5.10 Å². The summed E-state index contributed by atoms with van der Waals surface area (Å²) < 4.78 is 38.4. The van der Waals surface area contributed by atoms with E-state index >= 15 is 0 Å². The van der Waals surface area contributed by atoms with E-state index in [9.17, 15) is 17.6 Å². The van der Waals surface area contributed by atoms with Gasteiger partial charge in [-0.05, 0) is 38.0 Å². The van der Waals surface area contributed by atoms with Crippen molar-refractivity contribution >= 4 is 15.7 Å². The number of rotatable bonds is 7. The van der Waals surface area contributed by atoms with Crippen LogP contribution in [0.2, 0.25) is 0 Å². The van der Waals surface area contributed by atoms with Gasteiger partial charge in [-0.15, -0.1) is 0 Å². The van der Waals surface area contributed by atoms with Gasteiger partial charge in [-0.1, -0.05) is 12.1 Å². The van der Waals surface area contributed by atoms with Crippen molar-refractivity contribution in [3.05, 3.63) is 52.6 Å². The molecule has 1 saturated heterocycles. The molecule has 1 unspecified atom stereocenters. The van der Waals surface area contributed by atoms with E-state index in [1.165, 1.54) is 12.1 Å². The first-order chi connectivity index (χ1) is 13.6. The van der Waals surface area contributed by atoms with Crippen LogP contribution in [0.4, 0.5) is 4.39 Å². The number of hydrogen-bond donors (Lipinski definition) is 2. The Labute approximate surface area is 170 Å². The minimum absolute atomic E-state index is 0.0867. The van der Waals surface area contributed by atoms with Gasteiger partial charge in [0.2, 0.25) is 0 Å². The van der Waals surface area contributed by atoms with Crippen molar-refractivity contribution in [2.75, 3.05) is 25.1 Å². The van der Waals surface area contributed by atoms with E-state index in [1.54, 1.807) is 12.1 Å². The number of nitrogens with zero attached hydrogens (tertiary/aromatic N) is 2. The molecule has 0 radical (unpaired) electrons. The Morgan fingerprint density at radius 2 is 2.00 bits per heavy atom. The van der Waals surface area contributed by atoms with E-state index in [0.29, 0.717) is 26.1 Å². The van der Waals surface area contributed by atoms with E-state index in [1.807, 2.05) is 25.6 Å². The maximum absolute atomic E-state index is 12.9. The van der Waals surface area contributed by atoms with Crippen molar-refractivity contribution in [3.63, 3.8) is 0 Å². The molecule has 9 heteroatoms. The third-order valence-electron chi connectivity index (χ3n) is 5.37. The minimum Gasteiger partial charge on any atom is -0.347 e. The molecule has 2 N–H and O–H groups in total. The third kappa shape index (κ3) is 5.42. The molecular weight excluding hydrogens is 395 g/mol. The van der Waals surface area contributed by atoms with Crippen LogP contribution in [0.15, 0.2) is 24.3 Å². The Morgan fingerprint density at radius 1 is 1.31 bits per heavy atom. The second-order valence-corrected chi connectivity index (χ2v) is 10.1. The number of carbonyl (C=O) groups is 1. The van der Waals surface area contributed by atoms with Gasteiger partial charge < -0.3 is 10.2 Å². The highest BCUT2D eigenvalue weighted by Crippen LogP contribution is 2.26. The maximum atomic E-state index is 12.9. The number of nitrogens with one attached hydrogen (secondary N) is 2. The normalized spacial score (nSPS) is 19.2. The lowest BCUT2D eigenvalue weighted by molar-refractivity contribution is -0.885. The van der Waals surface area contributed by atoms with Crippen molar-refractivity contribution in [2.45, 2.75) is 39.4 Å². The smallest absolute Gasteiger partial charge is 0.275 e. The zero-order valence-electron chi connectivity index (χ0n) is 17.0. The summed E-state index contributed by atoms with van der Waals surface area (Å²) >= 11 is 0. The highest BCUT2D eigenvalue weighted by atomic mass is 32.2. The molecule has 2 atom stereocenters. The maximum Gasteiger partial charge on any atom is 0.275 e. The lowest BCUT2D eigenvalue weighted by atomic mass is 10.1. The molecule has 1 fully saturated rings. The lowest BCUT2D eigenvalue weighted by Gasteiger charge is -2.15. The number of halogens is 1. The van der Waals surface area contributed by atoms with Gasteiger partial charge >= 0.3 is 0 Å². The monoisotopic (exact) mass is 423 g/mol. The second kappa shape index (κ2) is 8.62. The molecule has 2 heterocycles. The van der Waals surface area contributed by atoms with Gasteiger partial charge in [0, 0.05) is 12.2 Å². The number of benzene rings is 1. The van der Waals surface area contributed by atoms with Crippen LogP contribution in [0.3, 0.4) is 0 Å². The number of sulfone groups is 1. The Morgan fingerprint density at radius 3 is 2.62 bits per heavy atom. The predicted molar refractivity (Wildman–Crippen MR) is 108 cm³/mol. The van der Waals surface area contributed by atoms with Gasteiger partial charge in [0.15, 0.2) is 16.4 Å². The minimum atomic E-state index is -2.97. The summed E-state index contributed by atoms with van der Waals surface area (Å²) in [7, 11) is -1.04.